The van der Waals surface area contributed by atoms with Crippen LogP contribution < -0.4 is 0 Å². The Morgan fingerprint density at radius 2 is 2.00 bits per heavy atom. The summed E-state index contributed by atoms with van der Waals surface area (Å²) in [6, 6.07) is 4.05. The lowest BCUT2D eigenvalue weighted by Crippen LogP contribution is -1.91. The second kappa shape index (κ2) is 4.22. The molecule has 0 spiro atoms. The first-order chi connectivity index (χ1) is 8.63. The second-order valence-corrected chi connectivity index (χ2v) is 4.88. The average Bonchev–Trinajstić information content (AvgIpc) is 2.71. The van der Waals surface area contributed by atoms with Crippen molar-refractivity contribution in [2.45, 2.75) is 0 Å². The minimum atomic E-state index is -0.881. The van der Waals surface area contributed by atoms with Crippen molar-refractivity contribution in [1.29, 1.82) is 0 Å². The molecule has 0 saturated carbocycles. The summed E-state index contributed by atoms with van der Waals surface area (Å²) in [6.45, 7) is 0. The van der Waals surface area contributed by atoms with Crippen molar-refractivity contribution in [3.63, 3.8) is 0 Å². The van der Waals surface area contributed by atoms with E-state index in [1.165, 1.54) is 23.6 Å². The average molecular weight is 284 g/mol. The topological polar surface area (TPSA) is 38.7 Å². The van der Waals surface area contributed by atoms with E-state index >= 15 is 0 Å². The van der Waals surface area contributed by atoms with Crippen LogP contribution in [0.5, 0.6) is 0 Å². The van der Waals surface area contributed by atoms with Gasteiger partial charge < -0.3 is 0 Å². The van der Waals surface area contributed by atoms with Crippen molar-refractivity contribution >= 4 is 33.2 Å². The van der Waals surface area contributed by atoms with Gasteiger partial charge in [-0.2, -0.15) is 13.8 Å². The van der Waals surface area contributed by atoms with Crippen LogP contribution in [-0.2, 0) is 0 Å². The van der Waals surface area contributed by atoms with E-state index in [0.717, 1.165) is 10.8 Å². The minimum absolute atomic E-state index is 0.161. The van der Waals surface area contributed by atoms with Crippen LogP contribution in [-0.4, -0.2) is 15.0 Å². The third-order valence-electron chi connectivity index (χ3n) is 2.29. The Morgan fingerprint density at radius 3 is 2.78 bits per heavy atom. The van der Waals surface area contributed by atoms with Crippen molar-refractivity contribution in [2.75, 3.05) is 0 Å². The number of halogens is 3. The lowest BCUT2D eigenvalue weighted by molar-refractivity contribution is 0.515. The van der Waals surface area contributed by atoms with Crippen molar-refractivity contribution in [2.24, 2.45) is 0 Å². The molecule has 90 valence electrons. The lowest BCUT2D eigenvalue weighted by Gasteiger charge is -1.96. The van der Waals surface area contributed by atoms with Gasteiger partial charge in [0.25, 0.3) is 0 Å². The van der Waals surface area contributed by atoms with Gasteiger partial charge in [0, 0.05) is 0 Å². The molecule has 0 bridgehead atoms. The number of thiazole rings is 1. The van der Waals surface area contributed by atoms with E-state index in [2.05, 4.69) is 15.0 Å². The fourth-order valence-electron chi connectivity index (χ4n) is 1.49. The lowest BCUT2D eigenvalue weighted by atomic mass is 10.3. The SMILES string of the molecule is Fc1ccc(-c2nc3cnc(Cl)cc3s2)c(F)n1. The maximum Gasteiger partial charge on any atom is 0.225 e. The van der Waals surface area contributed by atoms with Crippen LogP contribution in [0.2, 0.25) is 5.15 Å². The van der Waals surface area contributed by atoms with Gasteiger partial charge in [-0.15, -0.1) is 11.3 Å². The first-order valence-electron chi connectivity index (χ1n) is 4.88. The Hall–Kier alpha value is -1.66. The summed E-state index contributed by atoms with van der Waals surface area (Å²) in [4.78, 5) is 11.2. The quantitative estimate of drug-likeness (QED) is 0.639. The van der Waals surface area contributed by atoms with Gasteiger partial charge in [0.1, 0.15) is 15.7 Å². The Labute approximate surface area is 109 Å². The van der Waals surface area contributed by atoms with Gasteiger partial charge in [-0.1, -0.05) is 11.6 Å². The monoisotopic (exact) mass is 283 g/mol. The normalized spacial score (nSPS) is 11.1. The molecule has 3 aromatic heterocycles. The first-order valence-corrected chi connectivity index (χ1v) is 6.07. The third kappa shape index (κ3) is 1.93. The summed E-state index contributed by atoms with van der Waals surface area (Å²) in [5.74, 6) is -1.74. The number of hydrogen-bond acceptors (Lipinski definition) is 4. The molecule has 0 aliphatic rings. The van der Waals surface area contributed by atoms with Crippen LogP contribution in [0.4, 0.5) is 8.78 Å². The van der Waals surface area contributed by atoms with Crippen LogP contribution in [0.15, 0.2) is 24.4 Å². The Kier molecular flexibility index (Phi) is 2.68. The number of nitrogens with zero attached hydrogens (tertiary/aromatic N) is 3. The highest BCUT2D eigenvalue weighted by Gasteiger charge is 2.13. The van der Waals surface area contributed by atoms with E-state index in [0.29, 0.717) is 15.7 Å². The molecule has 3 nitrogen and oxygen atoms in total. The molecule has 0 aliphatic carbocycles. The molecule has 0 aromatic carbocycles. The molecule has 3 aromatic rings. The first kappa shape index (κ1) is 11.4. The van der Waals surface area contributed by atoms with Gasteiger partial charge in [-0.25, -0.2) is 9.97 Å². The molecule has 3 rings (SSSR count). The zero-order chi connectivity index (χ0) is 12.7. The van der Waals surface area contributed by atoms with Gasteiger partial charge in [-0.05, 0) is 18.2 Å². The Bertz CT molecular complexity index is 744. The number of hydrogen-bond donors (Lipinski definition) is 0. The highest BCUT2D eigenvalue weighted by molar-refractivity contribution is 7.21. The van der Waals surface area contributed by atoms with Gasteiger partial charge in [-0.3, -0.25) is 0 Å². The largest absolute Gasteiger partial charge is 0.242 e. The van der Waals surface area contributed by atoms with Gasteiger partial charge in [0.05, 0.1) is 16.5 Å². The molecule has 0 aliphatic heterocycles. The number of pyridine rings is 2. The number of fused-ring (bicyclic) bond motifs is 1. The Morgan fingerprint density at radius 1 is 1.17 bits per heavy atom. The smallest absolute Gasteiger partial charge is 0.225 e. The zero-order valence-electron chi connectivity index (χ0n) is 8.69. The molecule has 0 fully saturated rings. The van der Waals surface area contributed by atoms with Crippen molar-refractivity contribution in [3.8, 4) is 10.6 Å². The van der Waals surface area contributed by atoms with Gasteiger partial charge >= 0.3 is 0 Å². The van der Waals surface area contributed by atoms with E-state index in [1.807, 2.05) is 0 Å². The molecule has 0 unspecified atom stereocenters. The summed E-state index contributed by atoms with van der Waals surface area (Å²) in [5.41, 5.74) is 0.775. The third-order valence-corrected chi connectivity index (χ3v) is 3.54. The second-order valence-electron chi connectivity index (χ2n) is 3.47. The molecule has 0 N–H and O–H groups in total. The molecule has 7 heteroatoms. The molecular formula is C11H4ClF2N3S. The fourth-order valence-corrected chi connectivity index (χ4v) is 2.71. The molecule has 0 radical (unpaired) electrons. The van der Waals surface area contributed by atoms with Crippen LogP contribution in [0.3, 0.4) is 0 Å². The molecule has 3 heterocycles. The van der Waals surface area contributed by atoms with Crippen LogP contribution in [0.25, 0.3) is 20.8 Å². The maximum atomic E-state index is 13.5. The standard InChI is InChI=1S/C11H4ClF2N3S/c12-8-3-7-6(4-15-8)16-11(18-7)5-1-2-9(13)17-10(5)14/h1-4H. The number of aromatic nitrogens is 3. The van der Waals surface area contributed by atoms with Crippen LogP contribution in [0, 0.1) is 11.9 Å². The van der Waals surface area contributed by atoms with Crippen LogP contribution >= 0.6 is 22.9 Å². The number of rotatable bonds is 1. The van der Waals surface area contributed by atoms with Gasteiger partial charge in [0.15, 0.2) is 0 Å². The van der Waals surface area contributed by atoms with Crippen molar-refractivity contribution in [1.82, 2.24) is 15.0 Å². The van der Waals surface area contributed by atoms with E-state index in [-0.39, 0.29) is 5.56 Å². The Balaban J connectivity index is 2.19. The van der Waals surface area contributed by atoms with Crippen LogP contribution in [0.1, 0.15) is 0 Å². The minimum Gasteiger partial charge on any atom is -0.242 e. The van der Waals surface area contributed by atoms with E-state index in [9.17, 15) is 8.78 Å². The van der Waals surface area contributed by atoms with E-state index in [1.54, 1.807) is 6.07 Å². The predicted molar refractivity (Wildman–Crippen MR) is 65.6 cm³/mol. The highest BCUT2D eigenvalue weighted by atomic mass is 35.5. The van der Waals surface area contributed by atoms with Gasteiger partial charge in [0.2, 0.25) is 11.9 Å². The molecule has 0 amide bonds. The summed E-state index contributed by atoms with van der Waals surface area (Å²) < 4.78 is 27.0. The molecular weight excluding hydrogens is 280 g/mol. The molecule has 18 heavy (non-hydrogen) atoms. The summed E-state index contributed by atoms with van der Waals surface area (Å²) >= 11 is 7.00. The molecule has 0 saturated heterocycles. The van der Waals surface area contributed by atoms with E-state index < -0.39 is 11.9 Å². The summed E-state index contributed by atoms with van der Waals surface area (Å²) in [5, 5.41) is 0.759. The van der Waals surface area contributed by atoms with E-state index in [4.69, 9.17) is 11.6 Å². The molecule has 0 atom stereocenters. The predicted octanol–water partition coefficient (Wildman–Crippen LogP) is 3.68. The highest BCUT2D eigenvalue weighted by Crippen LogP contribution is 2.31. The maximum absolute atomic E-state index is 13.5. The van der Waals surface area contributed by atoms with Crippen molar-refractivity contribution < 1.29 is 8.78 Å². The summed E-state index contributed by atoms with van der Waals surface area (Å²) in [6.07, 6.45) is 1.51. The fraction of sp³-hybridized carbons (Fsp3) is 0. The zero-order valence-corrected chi connectivity index (χ0v) is 10.3. The summed E-state index contributed by atoms with van der Waals surface area (Å²) in [7, 11) is 0. The van der Waals surface area contributed by atoms with Crippen molar-refractivity contribution in [3.05, 3.63) is 41.4 Å².